The van der Waals surface area contributed by atoms with Crippen LogP contribution in [0.15, 0.2) is 0 Å². The molecule has 0 fully saturated rings. The van der Waals surface area contributed by atoms with E-state index >= 15 is 0 Å². The van der Waals surface area contributed by atoms with Crippen molar-refractivity contribution in [2.45, 2.75) is 0 Å². The van der Waals surface area contributed by atoms with Crippen LogP contribution in [0.3, 0.4) is 0 Å². The zero-order chi connectivity index (χ0) is 10.5. The van der Waals surface area contributed by atoms with Gasteiger partial charge in [0.05, 0.1) is 11.5 Å². The molecule has 13 heavy (non-hydrogen) atoms. The first-order valence-electron chi connectivity index (χ1n) is 4.33. The molecule has 0 N–H and O–H groups in total. The van der Waals surface area contributed by atoms with Crippen LogP contribution in [0.1, 0.15) is 0 Å². The number of hydrogen-bond acceptors (Lipinski definition) is 4. The van der Waals surface area contributed by atoms with Crippen molar-refractivity contribution in [1.82, 2.24) is 9.80 Å². The SMILES string of the molecule is CN(C)CCS(=O)(=O)CCN(C)C. The minimum Gasteiger partial charge on any atom is -0.308 e. The van der Waals surface area contributed by atoms with Gasteiger partial charge in [-0.25, -0.2) is 8.42 Å². The highest BCUT2D eigenvalue weighted by atomic mass is 32.2. The Labute approximate surface area is 81.4 Å². The fourth-order valence-corrected chi connectivity index (χ4v) is 2.24. The van der Waals surface area contributed by atoms with E-state index in [4.69, 9.17) is 0 Å². The smallest absolute Gasteiger partial charge is 0.152 e. The summed E-state index contributed by atoms with van der Waals surface area (Å²) in [4.78, 5) is 3.76. The van der Waals surface area contributed by atoms with E-state index in [2.05, 4.69) is 0 Å². The quantitative estimate of drug-likeness (QED) is 0.591. The third kappa shape index (κ3) is 8.21. The summed E-state index contributed by atoms with van der Waals surface area (Å²) in [6.07, 6.45) is 0. The maximum absolute atomic E-state index is 11.4. The van der Waals surface area contributed by atoms with Gasteiger partial charge in [0.1, 0.15) is 0 Å². The van der Waals surface area contributed by atoms with Crippen LogP contribution in [0.2, 0.25) is 0 Å². The molecule has 0 bridgehead atoms. The molecule has 0 rings (SSSR count). The second-order valence-corrected chi connectivity index (χ2v) is 6.06. The second kappa shape index (κ2) is 5.57. The summed E-state index contributed by atoms with van der Waals surface area (Å²) in [5.41, 5.74) is 0. The van der Waals surface area contributed by atoms with Crippen LogP contribution in [0, 0.1) is 0 Å². The van der Waals surface area contributed by atoms with Crippen LogP contribution in [0.5, 0.6) is 0 Å². The Morgan fingerprint density at radius 1 is 0.846 bits per heavy atom. The van der Waals surface area contributed by atoms with Crippen LogP contribution in [-0.4, -0.2) is 71.0 Å². The summed E-state index contributed by atoms with van der Waals surface area (Å²) in [7, 11) is 4.65. The molecular weight excluding hydrogens is 188 g/mol. The summed E-state index contributed by atoms with van der Waals surface area (Å²) in [6.45, 7) is 1.21. The molecule has 5 heteroatoms. The summed E-state index contributed by atoms with van der Waals surface area (Å²) in [5.74, 6) is 0.516. The molecule has 0 saturated heterocycles. The van der Waals surface area contributed by atoms with Crippen molar-refractivity contribution in [1.29, 1.82) is 0 Å². The van der Waals surface area contributed by atoms with Gasteiger partial charge in [0, 0.05) is 13.1 Å². The lowest BCUT2D eigenvalue weighted by atomic mass is 10.7. The molecule has 0 aliphatic heterocycles. The van der Waals surface area contributed by atoms with E-state index in [1.807, 2.05) is 38.0 Å². The summed E-state index contributed by atoms with van der Waals surface area (Å²) >= 11 is 0. The Morgan fingerprint density at radius 3 is 1.38 bits per heavy atom. The minimum atomic E-state index is -2.86. The van der Waals surface area contributed by atoms with E-state index in [1.165, 1.54) is 0 Å². The molecule has 0 aromatic carbocycles. The highest BCUT2D eigenvalue weighted by molar-refractivity contribution is 7.91. The molecule has 0 amide bonds. The van der Waals surface area contributed by atoms with Gasteiger partial charge < -0.3 is 9.80 Å². The maximum Gasteiger partial charge on any atom is 0.152 e. The molecule has 0 spiro atoms. The van der Waals surface area contributed by atoms with Crippen LogP contribution in [0.25, 0.3) is 0 Å². The lowest BCUT2D eigenvalue weighted by Crippen LogP contribution is -2.28. The molecule has 0 atom stereocenters. The van der Waals surface area contributed by atoms with Gasteiger partial charge in [0.2, 0.25) is 0 Å². The molecule has 0 saturated carbocycles. The van der Waals surface area contributed by atoms with Crippen LogP contribution < -0.4 is 0 Å². The summed E-state index contributed by atoms with van der Waals surface area (Å²) in [6, 6.07) is 0. The molecule has 0 aliphatic rings. The standard InChI is InChI=1S/C8H20N2O2S/c1-9(2)5-7-13(11,12)8-6-10(3)4/h5-8H2,1-4H3. The average molecular weight is 208 g/mol. The van der Waals surface area contributed by atoms with Gasteiger partial charge in [-0.05, 0) is 28.2 Å². The van der Waals surface area contributed by atoms with Gasteiger partial charge in [-0.3, -0.25) is 0 Å². The topological polar surface area (TPSA) is 40.6 Å². The van der Waals surface area contributed by atoms with E-state index in [0.717, 1.165) is 0 Å². The van der Waals surface area contributed by atoms with E-state index in [1.54, 1.807) is 0 Å². The molecule has 0 unspecified atom stereocenters. The number of sulfone groups is 1. The third-order valence-corrected chi connectivity index (χ3v) is 3.31. The van der Waals surface area contributed by atoms with Gasteiger partial charge in [-0.1, -0.05) is 0 Å². The summed E-state index contributed by atoms with van der Waals surface area (Å²) < 4.78 is 22.8. The first kappa shape index (κ1) is 12.9. The number of nitrogens with zero attached hydrogens (tertiary/aromatic N) is 2. The van der Waals surface area contributed by atoms with Crippen LogP contribution >= 0.6 is 0 Å². The fraction of sp³-hybridized carbons (Fsp3) is 1.00. The van der Waals surface area contributed by atoms with E-state index in [-0.39, 0.29) is 11.5 Å². The largest absolute Gasteiger partial charge is 0.308 e. The lowest BCUT2D eigenvalue weighted by Gasteiger charge is -2.12. The average Bonchev–Trinajstić information content (AvgIpc) is 1.98. The predicted octanol–water partition coefficient (Wildman–Crippen LogP) is -0.476. The van der Waals surface area contributed by atoms with Crippen molar-refractivity contribution >= 4 is 9.84 Å². The Morgan fingerprint density at radius 2 is 1.15 bits per heavy atom. The Hall–Kier alpha value is -0.130. The van der Waals surface area contributed by atoms with E-state index < -0.39 is 9.84 Å². The van der Waals surface area contributed by atoms with Gasteiger partial charge in [0.15, 0.2) is 9.84 Å². The van der Waals surface area contributed by atoms with E-state index in [0.29, 0.717) is 13.1 Å². The van der Waals surface area contributed by atoms with Crippen molar-refractivity contribution in [3.63, 3.8) is 0 Å². The van der Waals surface area contributed by atoms with Crippen LogP contribution in [-0.2, 0) is 9.84 Å². The zero-order valence-electron chi connectivity index (χ0n) is 8.95. The molecule has 0 aromatic rings. The number of rotatable bonds is 6. The molecule has 0 aromatic heterocycles. The zero-order valence-corrected chi connectivity index (χ0v) is 9.76. The summed E-state index contributed by atoms with van der Waals surface area (Å²) in [5, 5.41) is 0. The molecule has 0 radical (unpaired) electrons. The van der Waals surface area contributed by atoms with Crippen molar-refractivity contribution in [3.8, 4) is 0 Å². The van der Waals surface area contributed by atoms with Crippen molar-refractivity contribution in [2.24, 2.45) is 0 Å². The predicted molar refractivity (Wildman–Crippen MR) is 55.8 cm³/mol. The first-order valence-corrected chi connectivity index (χ1v) is 6.15. The Bertz CT molecular complexity index is 204. The van der Waals surface area contributed by atoms with Crippen LogP contribution in [0.4, 0.5) is 0 Å². The lowest BCUT2D eigenvalue weighted by molar-refractivity contribution is 0.423. The molecule has 0 aliphatic carbocycles. The fourth-order valence-electron chi connectivity index (χ4n) is 0.745. The Balaban J connectivity index is 3.81. The molecular formula is C8H20N2O2S. The highest BCUT2D eigenvalue weighted by Crippen LogP contribution is 1.92. The maximum atomic E-state index is 11.4. The van der Waals surface area contributed by atoms with Gasteiger partial charge >= 0.3 is 0 Å². The minimum absolute atomic E-state index is 0.258. The molecule has 80 valence electrons. The van der Waals surface area contributed by atoms with Gasteiger partial charge in [0.25, 0.3) is 0 Å². The monoisotopic (exact) mass is 208 g/mol. The first-order chi connectivity index (χ1) is 5.83. The Kier molecular flexibility index (Phi) is 5.51. The van der Waals surface area contributed by atoms with Crippen molar-refractivity contribution < 1.29 is 8.42 Å². The number of hydrogen-bond donors (Lipinski definition) is 0. The third-order valence-electron chi connectivity index (χ3n) is 1.70. The highest BCUT2D eigenvalue weighted by Gasteiger charge is 2.10. The molecule has 4 nitrogen and oxygen atoms in total. The van der Waals surface area contributed by atoms with Crippen molar-refractivity contribution in [2.75, 3.05) is 52.8 Å². The van der Waals surface area contributed by atoms with Gasteiger partial charge in [-0.15, -0.1) is 0 Å². The van der Waals surface area contributed by atoms with E-state index in [9.17, 15) is 8.42 Å². The second-order valence-electron chi connectivity index (χ2n) is 3.76. The molecule has 0 heterocycles. The van der Waals surface area contributed by atoms with Crippen molar-refractivity contribution in [3.05, 3.63) is 0 Å². The normalized spacial score (nSPS) is 12.8. The van der Waals surface area contributed by atoms with Gasteiger partial charge in [-0.2, -0.15) is 0 Å².